The molecule has 26 heavy (non-hydrogen) atoms. The standard InChI is InChI=1S/C23H23NOS/c1-16-8-11-20(12-9-16)19(4)21(14-22(25)23-6-5-13-26-23)24-15-17(2)7-10-18(24)3/h5-13,15H,3,14H2,1-2,4H3/b21-19+. The number of aryl methyl sites for hydroxylation is 1. The first kappa shape index (κ1) is 18.2. The molecular weight excluding hydrogens is 338 g/mol. The molecule has 0 N–H and O–H groups in total. The Hall–Kier alpha value is -2.65. The van der Waals surface area contributed by atoms with Crippen molar-refractivity contribution in [2.45, 2.75) is 27.2 Å². The van der Waals surface area contributed by atoms with E-state index in [1.165, 1.54) is 16.9 Å². The summed E-state index contributed by atoms with van der Waals surface area (Å²) in [6.45, 7) is 10.4. The first-order chi connectivity index (χ1) is 12.5. The van der Waals surface area contributed by atoms with Crippen molar-refractivity contribution in [3.05, 3.63) is 99.7 Å². The molecule has 0 amide bonds. The number of rotatable bonds is 5. The maximum absolute atomic E-state index is 12.8. The fraction of sp³-hybridized carbons (Fsp3) is 0.174. The van der Waals surface area contributed by atoms with Crippen LogP contribution in [0.1, 0.15) is 41.1 Å². The lowest BCUT2D eigenvalue weighted by Gasteiger charge is -2.29. The van der Waals surface area contributed by atoms with E-state index in [1.54, 1.807) is 0 Å². The van der Waals surface area contributed by atoms with Crippen molar-refractivity contribution < 1.29 is 4.79 Å². The van der Waals surface area contributed by atoms with E-state index < -0.39 is 0 Å². The summed E-state index contributed by atoms with van der Waals surface area (Å²) in [5.74, 6) is 0.134. The minimum Gasteiger partial charge on any atom is -0.321 e. The molecule has 0 radical (unpaired) electrons. The normalized spacial score (nSPS) is 15.0. The van der Waals surface area contributed by atoms with Crippen LogP contribution in [-0.4, -0.2) is 10.7 Å². The van der Waals surface area contributed by atoms with E-state index in [0.29, 0.717) is 6.42 Å². The number of hydrogen-bond donors (Lipinski definition) is 0. The SMILES string of the molecule is C=C1C=CC(C)=CN1/C(CC(=O)c1cccs1)=C(\C)c1ccc(C)cc1. The smallest absolute Gasteiger partial charge is 0.178 e. The molecule has 2 aromatic rings. The van der Waals surface area contributed by atoms with Crippen LogP contribution in [0.15, 0.2) is 83.7 Å². The Kier molecular flexibility index (Phi) is 5.38. The third kappa shape index (κ3) is 3.94. The van der Waals surface area contributed by atoms with Gasteiger partial charge in [0.1, 0.15) is 0 Å². The average Bonchev–Trinajstić information content (AvgIpc) is 3.17. The molecule has 0 fully saturated rings. The second-order valence-corrected chi connectivity index (χ2v) is 7.53. The number of thiophene rings is 1. The third-order valence-corrected chi connectivity index (χ3v) is 5.42. The predicted molar refractivity (Wildman–Crippen MR) is 111 cm³/mol. The molecule has 2 heterocycles. The van der Waals surface area contributed by atoms with Gasteiger partial charge in [-0.1, -0.05) is 48.6 Å². The molecule has 3 rings (SSSR count). The number of carbonyl (C=O) groups excluding carboxylic acids is 1. The first-order valence-electron chi connectivity index (χ1n) is 8.64. The van der Waals surface area contributed by atoms with Crippen LogP contribution in [0.2, 0.25) is 0 Å². The Morgan fingerprint density at radius 3 is 2.50 bits per heavy atom. The summed E-state index contributed by atoms with van der Waals surface area (Å²) in [5, 5.41) is 1.94. The van der Waals surface area contributed by atoms with Crippen LogP contribution >= 0.6 is 11.3 Å². The van der Waals surface area contributed by atoms with Crippen molar-refractivity contribution in [3.63, 3.8) is 0 Å². The number of allylic oxidation sites excluding steroid dienone is 5. The van der Waals surface area contributed by atoms with Gasteiger partial charge in [0, 0.05) is 17.6 Å². The van der Waals surface area contributed by atoms with E-state index in [1.807, 2.05) is 29.7 Å². The summed E-state index contributed by atoms with van der Waals surface area (Å²) >= 11 is 1.49. The fourth-order valence-electron chi connectivity index (χ4n) is 2.93. The lowest BCUT2D eigenvalue weighted by molar-refractivity contribution is 0.0992. The van der Waals surface area contributed by atoms with E-state index in [9.17, 15) is 4.79 Å². The molecule has 3 heteroatoms. The van der Waals surface area contributed by atoms with E-state index in [0.717, 1.165) is 33.0 Å². The average molecular weight is 362 g/mol. The summed E-state index contributed by atoms with van der Waals surface area (Å²) < 4.78 is 0. The molecule has 1 aromatic heterocycles. The van der Waals surface area contributed by atoms with Gasteiger partial charge in [0.25, 0.3) is 0 Å². The van der Waals surface area contributed by atoms with Crippen LogP contribution in [-0.2, 0) is 0 Å². The van der Waals surface area contributed by atoms with Gasteiger partial charge in [0.15, 0.2) is 5.78 Å². The van der Waals surface area contributed by atoms with Crippen LogP contribution in [0, 0.1) is 6.92 Å². The maximum atomic E-state index is 12.8. The van der Waals surface area contributed by atoms with E-state index in [4.69, 9.17) is 0 Å². The lowest BCUT2D eigenvalue weighted by atomic mass is 9.99. The van der Waals surface area contributed by atoms with Crippen LogP contribution in [0.4, 0.5) is 0 Å². The fourth-order valence-corrected chi connectivity index (χ4v) is 3.60. The number of carbonyl (C=O) groups is 1. The zero-order valence-corrected chi connectivity index (χ0v) is 16.3. The topological polar surface area (TPSA) is 20.3 Å². The molecule has 1 aliphatic heterocycles. The van der Waals surface area contributed by atoms with Gasteiger partial charge in [0.05, 0.1) is 11.3 Å². The number of nitrogens with zero attached hydrogens (tertiary/aromatic N) is 1. The van der Waals surface area contributed by atoms with Gasteiger partial charge < -0.3 is 4.90 Å². The molecule has 2 nitrogen and oxygen atoms in total. The molecule has 0 saturated heterocycles. The molecule has 0 spiro atoms. The highest BCUT2D eigenvalue weighted by Gasteiger charge is 2.20. The summed E-state index contributed by atoms with van der Waals surface area (Å²) in [6.07, 6.45) is 6.43. The second kappa shape index (κ2) is 7.71. The highest BCUT2D eigenvalue weighted by Crippen LogP contribution is 2.31. The zero-order valence-electron chi connectivity index (χ0n) is 15.5. The summed E-state index contributed by atoms with van der Waals surface area (Å²) in [5.41, 5.74) is 6.42. The quantitative estimate of drug-likeness (QED) is 0.578. The Balaban J connectivity index is 2.05. The van der Waals surface area contributed by atoms with Gasteiger partial charge in [-0.05, 0) is 55.0 Å². The molecule has 1 aromatic carbocycles. The molecule has 0 aliphatic carbocycles. The summed E-state index contributed by atoms with van der Waals surface area (Å²) in [6, 6.07) is 12.2. The monoisotopic (exact) mass is 361 g/mol. The molecule has 0 saturated carbocycles. The highest BCUT2D eigenvalue weighted by atomic mass is 32.1. The molecule has 1 aliphatic rings. The minimum atomic E-state index is 0.134. The lowest BCUT2D eigenvalue weighted by Crippen LogP contribution is -2.20. The van der Waals surface area contributed by atoms with Crippen LogP contribution < -0.4 is 0 Å². The van der Waals surface area contributed by atoms with Crippen molar-refractivity contribution in [2.24, 2.45) is 0 Å². The maximum Gasteiger partial charge on any atom is 0.178 e. The van der Waals surface area contributed by atoms with Gasteiger partial charge in [-0.3, -0.25) is 4.79 Å². The molecule has 0 unspecified atom stereocenters. The van der Waals surface area contributed by atoms with E-state index in [2.05, 4.69) is 62.7 Å². The van der Waals surface area contributed by atoms with Crippen molar-refractivity contribution in [1.29, 1.82) is 0 Å². The van der Waals surface area contributed by atoms with Crippen LogP contribution in [0.3, 0.4) is 0 Å². The number of ketones is 1. The third-order valence-electron chi connectivity index (χ3n) is 4.51. The Morgan fingerprint density at radius 1 is 1.12 bits per heavy atom. The predicted octanol–water partition coefficient (Wildman–Crippen LogP) is 6.35. The summed E-state index contributed by atoms with van der Waals surface area (Å²) in [7, 11) is 0. The molecule has 0 atom stereocenters. The van der Waals surface area contributed by atoms with Gasteiger partial charge in [-0.2, -0.15) is 0 Å². The largest absolute Gasteiger partial charge is 0.321 e. The molecular formula is C23H23NOS. The van der Waals surface area contributed by atoms with Crippen LogP contribution in [0.25, 0.3) is 5.57 Å². The van der Waals surface area contributed by atoms with Crippen molar-refractivity contribution >= 4 is 22.7 Å². The van der Waals surface area contributed by atoms with Gasteiger partial charge in [-0.15, -0.1) is 11.3 Å². The Morgan fingerprint density at radius 2 is 1.85 bits per heavy atom. The number of Topliss-reactive ketones (excluding diaryl/α,β-unsaturated/α-hetero) is 1. The molecule has 0 bridgehead atoms. The highest BCUT2D eigenvalue weighted by molar-refractivity contribution is 7.12. The van der Waals surface area contributed by atoms with Gasteiger partial charge in [0.2, 0.25) is 0 Å². The van der Waals surface area contributed by atoms with Crippen molar-refractivity contribution in [3.8, 4) is 0 Å². The second-order valence-electron chi connectivity index (χ2n) is 6.58. The first-order valence-corrected chi connectivity index (χ1v) is 9.52. The van der Waals surface area contributed by atoms with Crippen molar-refractivity contribution in [1.82, 2.24) is 4.90 Å². The van der Waals surface area contributed by atoms with Crippen LogP contribution in [0.5, 0.6) is 0 Å². The number of benzene rings is 1. The zero-order chi connectivity index (χ0) is 18.7. The van der Waals surface area contributed by atoms with Gasteiger partial charge >= 0.3 is 0 Å². The molecule has 132 valence electrons. The van der Waals surface area contributed by atoms with E-state index in [-0.39, 0.29) is 5.78 Å². The summed E-state index contributed by atoms with van der Waals surface area (Å²) in [4.78, 5) is 15.7. The Labute approximate surface area is 159 Å². The minimum absolute atomic E-state index is 0.134. The van der Waals surface area contributed by atoms with E-state index >= 15 is 0 Å². The van der Waals surface area contributed by atoms with Gasteiger partial charge in [-0.25, -0.2) is 0 Å². The van der Waals surface area contributed by atoms with Crippen molar-refractivity contribution in [2.75, 3.05) is 0 Å². The number of hydrogen-bond acceptors (Lipinski definition) is 3. The Bertz CT molecular complexity index is 912.